The Morgan fingerprint density at radius 3 is 1.23 bits per heavy atom. The SMILES string of the molecule is CCCCCC/C=C/CCCCCCCCCC(=O)O[C@@H](COC(=O)CCCCCCCCCCCCCCCCCCCCCCC)COP(=O)(O)OC[C@H](N)C(=O)O. The number of unbranched alkanes of at least 4 members (excludes halogenated alkanes) is 31. The number of allylic oxidation sites excluding steroid dienone is 2. The number of carboxylic acids is 1. The number of carbonyl (C=O) groups excluding carboxylic acids is 2. The fourth-order valence-electron chi connectivity index (χ4n) is 7.12. The number of ether oxygens (including phenoxy) is 2. The summed E-state index contributed by atoms with van der Waals surface area (Å²) in [7, 11) is -4.71. The Balaban J connectivity index is 4.21. The molecule has 0 amide bonds. The second-order valence-electron chi connectivity index (χ2n) is 17.0. The summed E-state index contributed by atoms with van der Waals surface area (Å²) in [6.07, 6.45) is 45.6. The Hall–Kier alpha value is -1.78. The van der Waals surface area contributed by atoms with E-state index in [2.05, 4.69) is 30.5 Å². The predicted octanol–water partition coefficient (Wildman–Crippen LogP) is 13.6. The molecule has 1 unspecified atom stereocenters. The lowest BCUT2D eigenvalue weighted by molar-refractivity contribution is -0.161. The van der Waals surface area contributed by atoms with Crippen LogP contribution in [0.1, 0.15) is 245 Å². The molecule has 0 spiro atoms. The van der Waals surface area contributed by atoms with Crippen molar-refractivity contribution >= 4 is 25.7 Å². The van der Waals surface area contributed by atoms with Crippen LogP contribution in [0.15, 0.2) is 12.2 Å². The molecule has 60 heavy (non-hydrogen) atoms. The average molecular weight is 874 g/mol. The Kier molecular flexibility index (Phi) is 42.6. The number of esters is 2. The minimum atomic E-state index is -4.71. The summed E-state index contributed by atoms with van der Waals surface area (Å²) < 4.78 is 32.8. The molecule has 4 N–H and O–H groups in total. The molecule has 0 saturated heterocycles. The first-order valence-electron chi connectivity index (χ1n) is 24.7. The number of carboxylic acid groups (broad SMARTS) is 1. The van der Waals surface area contributed by atoms with Gasteiger partial charge in [-0.15, -0.1) is 0 Å². The van der Waals surface area contributed by atoms with E-state index < -0.39 is 51.1 Å². The van der Waals surface area contributed by atoms with E-state index in [9.17, 15) is 23.8 Å². The first-order valence-corrected chi connectivity index (χ1v) is 26.2. The van der Waals surface area contributed by atoms with Gasteiger partial charge in [0.05, 0.1) is 13.2 Å². The standard InChI is InChI=1S/C48H92NO10P/c1-3-5-7-9-11-13-15-17-19-20-21-22-23-24-26-27-29-31-33-35-37-39-46(50)56-41-44(42-57-60(54,55)58-43-45(49)48(52)53)59-47(51)40-38-36-34-32-30-28-25-18-16-14-12-10-8-6-4-2/h14,16,44-45H,3-13,15,17-43,49H2,1-2H3,(H,52,53)(H,54,55)/b16-14+/t44-,45-/m0/s1. The van der Waals surface area contributed by atoms with Gasteiger partial charge in [-0.05, 0) is 38.5 Å². The number of rotatable bonds is 47. The molecule has 0 bridgehead atoms. The van der Waals surface area contributed by atoms with Crippen LogP contribution in [0.25, 0.3) is 0 Å². The Morgan fingerprint density at radius 2 is 0.833 bits per heavy atom. The van der Waals surface area contributed by atoms with Gasteiger partial charge in [0.25, 0.3) is 0 Å². The molecule has 0 aromatic carbocycles. The normalized spacial score (nSPS) is 13.7. The van der Waals surface area contributed by atoms with Crippen LogP contribution >= 0.6 is 7.82 Å². The van der Waals surface area contributed by atoms with Crippen molar-refractivity contribution in [2.45, 2.75) is 257 Å². The number of phosphoric acid groups is 1. The molecule has 3 atom stereocenters. The van der Waals surface area contributed by atoms with Gasteiger partial charge in [-0.25, -0.2) is 4.57 Å². The maximum absolute atomic E-state index is 12.7. The van der Waals surface area contributed by atoms with Crippen LogP contribution in [0, 0.1) is 0 Å². The monoisotopic (exact) mass is 874 g/mol. The second kappa shape index (κ2) is 43.9. The van der Waals surface area contributed by atoms with E-state index in [1.807, 2.05) is 0 Å². The van der Waals surface area contributed by atoms with Crippen molar-refractivity contribution in [2.75, 3.05) is 19.8 Å². The van der Waals surface area contributed by atoms with E-state index >= 15 is 0 Å². The molecule has 12 heteroatoms. The maximum atomic E-state index is 12.7. The number of nitrogens with two attached hydrogens (primary N) is 1. The van der Waals surface area contributed by atoms with Crippen molar-refractivity contribution < 1.29 is 47.5 Å². The zero-order valence-corrected chi connectivity index (χ0v) is 39.5. The smallest absolute Gasteiger partial charge is 0.472 e. The maximum Gasteiger partial charge on any atom is 0.472 e. The van der Waals surface area contributed by atoms with Crippen molar-refractivity contribution in [1.29, 1.82) is 0 Å². The summed E-state index contributed by atoms with van der Waals surface area (Å²) in [5, 5.41) is 8.91. The topological polar surface area (TPSA) is 172 Å². The van der Waals surface area contributed by atoms with Crippen LogP contribution in [0.3, 0.4) is 0 Å². The van der Waals surface area contributed by atoms with Crippen molar-refractivity contribution in [3.05, 3.63) is 12.2 Å². The third-order valence-corrected chi connectivity index (χ3v) is 12.0. The van der Waals surface area contributed by atoms with Crippen LogP contribution < -0.4 is 5.73 Å². The van der Waals surface area contributed by atoms with Crippen LogP contribution in [0.5, 0.6) is 0 Å². The Bertz CT molecular complexity index is 1070. The van der Waals surface area contributed by atoms with Crippen LogP contribution in [-0.2, 0) is 37.5 Å². The average Bonchev–Trinajstić information content (AvgIpc) is 3.22. The summed E-state index contributed by atoms with van der Waals surface area (Å²) in [6.45, 7) is 2.83. The molecule has 0 heterocycles. The molecule has 0 rings (SSSR count). The molecular weight excluding hydrogens is 781 g/mol. The first kappa shape index (κ1) is 58.2. The highest BCUT2D eigenvalue weighted by atomic mass is 31.2. The van der Waals surface area contributed by atoms with E-state index in [1.54, 1.807) is 0 Å². The molecular formula is C48H92NO10P. The fraction of sp³-hybridized carbons (Fsp3) is 0.896. The Morgan fingerprint density at radius 1 is 0.500 bits per heavy atom. The van der Waals surface area contributed by atoms with Crippen molar-refractivity contribution in [3.63, 3.8) is 0 Å². The van der Waals surface area contributed by atoms with Gasteiger partial charge in [0, 0.05) is 12.8 Å². The molecule has 11 nitrogen and oxygen atoms in total. The minimum Gasteiger partial charge on any atom is -0.480 e. The van der Waals surface area contributed by atoms with Gasteiger partial charge in [0.15, 0.2) is 6.10 Å². The van der Waals surface area contributed by atoms with Gasteiger partial charge < -0.3 is 25.2 Å². The summed E-state index contributed by atoms with van der Waals surface area (Å²) in [6, 6.07) is -1.52. The van der Waals surface area contributed by atoms with Gasteiger partial charge in [-0.2, -0.15) is 0 Å². The van der Waals surface area contributed by atoms with E-state index in [1.165, 1.54) is 161 Å². The Labute approximate surface area is 367 Å². The highest BCUT2D eigenvalue weighted by Gasteiger charge is 2.28. The molecule has 0 aliphatic rings. The predicted molar refractivity (Wildman–Crippen MR) is 245 cm³/mol. The van der Waals surface area contributed by atoms with Crippen LogP contribution in [-0.4, -0.2) is 59.9 Å². The van der Waals surface area contributed by atoms with Gasteiger partial charge in [-0.3, -0.25) is 23.4 Å². The lowest BCUT2D eigenvalue weighted by atomic mass is 10.0. The zero-order valence-electron chi connectivity index (χ0n) is 38.6. The molecule has 0 radical (unpaired) electrons. The first-order chi connectivity index (χ1) is 29.1. The van der Waals surface area contributed by atoms with Crippen LogP contribution in [0.4, 0.5) is 0 Å². The fourth-order valence-corrected chi connectivity index (χ4v) is 7.90. The lowest BCUT2D eigenvalue weighted by Crippen LogP contribution is -2.34. The zero-order chi connectivity index (χ0) is 44.2. The summed E-state index contributed by atoms with van der Waals surface area (Å²) in [5.41, 5.74) is 5.35. The minimum absolute atomic E-state index is 0.160. The molecule has 0 aliphatic carbocycles. The van der Waals surface area contributed by atoms with Gasteiger partial charge >= 0.3 is 25.7 Å². The second-order valence-corrected chi connectivity index (χ2v) is 18.4. The number of phosphoric ester groups is 1. The number of carbonyl (C=O) groups is 3. The van der Waals surface area contributed by atoms with Crippen LogP contribution in [0.2, 0.25) is 0 Å². The molecule has 0 saturated carbocycles. The quantitative estimate of drug-likeness (QED) is 0.0230. The van der Waals surface area contributed by atoms with E-state index in [0.29, 0.717) is 12.8 Å². The van der Waals surface area contributed by atoms with E-state index in [0.717, 1.165) is 44.9 Å². The number of aliphatic carboxylic acids is 1. The summed E-state index contributed by atoms with van der Waals surface area (Å²) in [4.78, 5) is 46.1. The van der Waals surface area contributed by atoms with Gasteiger partial charge in [0.2, 0.25) is 0 Å². The van der Waals surface area contributed by atoms with Crippen molar-refractivity contribution in [1.82, 2.24) is 0 Å². The molecule has 0 aromatic heterocycles. The third-order valence-electron chi connectivity index (χ3n) is 11.0. The summed E-state index contributed by atoms with van der Waals surface area (Å²) in [5.74, 6) is -2.37. The van der Waals surface area contributed by atoms with Gasteiger partial charge in [-0.1, -0.05) is 206 Å². The van der Waals surface area contributed by atoms with Crippen molar-refractivity contribution in [2.24, 2.45) is 5.73 Å². The largest absolute Gasteiger partial charge is 0.480 e. The highest BCUT2D eigenvalue weighted by Crippen LogP contribution is 2.43. The molecule has 0 aliphatic heterocycles. The van der Waals surface area contributed by atoms with E-state index in [-0.39, 0.29) is 19.4 Å². The summed E-state index contributed by atoms with van der Waals surface area (Å²) >= 11 is 0. The third kappa shape index (κ3) is 42.9. The number of hydrogen-bond acceptors (Lipinski definition) is 9. The molecule has 0 aromatic rings. The molecule has 0 fully saturated rings. The molecule has 354 valence electrons. The van der Waals surface area contributed by atoms with Gasteiger partial charge in [0.1, 0.15) is 12.6 Å². The highest BCUT2D eigenvalue weighted by molar-refractivity contribution is 7.47. The van der Waals surface area contributed by atoms with Crippen molar-refractivity contribution in [3.8, 4) is 0 Å². The number of hydrogen-bond donors (Lipinski definition) is 3. The lowest BCUT2D eigenvalue weighted by Gasteiger charge is -2.20. The van der Waals surface area contributed by atoms with E-state index in [4.69, 9.17) is 24.8 Å².